The first kappa shape index (κ1) is 15.1. The maximum absolute atomic E-state index is 13.6. The fraction of sp³-hybridized carbons (Fsp3) is 0.500. The highest BCUT2D eigenvalue weighted by Crippen LogP contribution is 2.24. The number of imidazole rings is 1. The fourth-order valence-electron chi connectivity index (χ4n) is 2.37. The van der Waals surface area contributed by atoms with E-state index in [-0.39, 0.29) is 5.02 Å². The lowest BCUT2D eigenvalue weighted by Gasteiger charge is -2.18. The lowest BCUT2D eigenvalue weighted by atomic mass is 10.3. The zero-order valence-electron chi connectivity index (χ0n) is 11.9. The summed E-state index contributed by atoms with van der Waals surface area (Å²) in [5, 5.41) is 0.0743. The van der Waals surface area contributed by atoms with Gasteiger partial charge in [0.05, 0.1) is 16.1 Å². The number of benzene rings is 1. The number of nitrogen functional groups attached to an aromatic ring is 1. The number of halogens is 2. The van der Waals surface area contributed by atoms with Crippen LogP contribution < -0.4 is 5.73 Å². The molecule has 0 saturated carbocycles. The van der Waals surface area contributed by atoms with Crippen molar-refractivity contribution in [2.45, 2.75) is 26.8 Å². The molecular weight excluding hydrogens is 279 g/mol. The van der Waals surface area contributed by atoms with Gasteiger partial charge in [0.25, 0.3) is 0 Å². The largest absolute Gasteiger partial charge is 0.369 e. The Labute approximate surface area is 123 Å². The van der Waals surface area contributed by atoms with Crippen LogP contribution in [0.2, 0.25) is 5.02 Å². The molecular formula is C14H20ClFN4. The van der Waals surface area contributed by atoms with Crippen molar-refractivity contribution in [3.05, 3.63) is 23.0 Å². The summed E-state index contributed by atoms with van der Waals surface area (Å²) >= 11 is 5.76. The van der Waals surface area contributed by atoms with Gasteiger partial charge in [-0.05, 0) is 32.1 Å². The van der Waals surface area contributed by atoms with Gasteiger partial charge in [0.1, 0.15) is 5.82 Å². The molecule has 20 heavy (non-hydrogen) atoms. The molecule has 0 saturated heterocycles. The smallest absolute Gasteiger partial charge is 0.201 e. The summed E-state index contributed by atoms with van der Waals surface area (Å²) in [6, 6.07) is 2.92. The minimum absolute atomic E-state index is 0.0743. The molecule has 2 N–H and O–H groups in total. The number of aromatic nitrogens is 2. The molecule has 0 atom stereocenters. The van der Waals surface area contributed by atoms with Crippen molar-refractivity contribution < 1.29 is 4.39 Å². The minimum Gasteiger partial charge on any atom is -0.369 e. The molecule has 0 fully saturated rings. The quantitative estimate of drug-likeness (QED) is 0.891. The summed E-state index contributed by atoms with van der Waals surface area (Å²) in [6.45, 7) is 8.05. The van der Waals surface area contributed by atoms with E-state index in [2.05, 4.69) is 23.7 Å². The number of anilines is 1. The van der Waals surface area contributed by atoms with Gasteiger partial charge in [0.15, 0.2) is 0 Å². The number of nitrogens with zero attached hydrogens (tertiary/aromatic N) is 3. The Hall–Kier alpha value is -1.33. The third-order valence-electron chi connectivity index (χ3n) is 3.57. The molecule has 0 aliphatic heterocycles. The van der Waals surface area contributed by atoms with Crippen molar-refractivity contribution in [2.75, 3.05) is 25.4 Å². The Morgan fingerprint density at radius 1 is 1.35 bits per heavy atom. The number of fused-ring (bicyclic) bond motifs is 1. The van der Waals surface area contributed by atoms with E-state index in [1.807, 2.05) is 4.57 Å². The molecule has 0 unspecified atom stereocenters. The van der Waals surface area contributed by atoms with E-state index in [1.165, 1.54) is 12.1 Å². The van der Waals surface area contributed by atoms with Gasteiger partial charge in [0.2, 0.25) is 5.95 Å². The molecule has 0 aliphatic rings. The van der Waals surface area contributed by atoms with Gasteiger partial charge in [-0.2, -0.15) is 0 Å². The summed E-state index contributed by atoms with van der Waals surface area (Å²) in [5.74, 6) is -0.0368. The second-order valence-electron chi connectivity index (χ2n) is 4.76. The highest BCUT2D eigenvalue weighted by atomic mass is 35.5. The normalized spacial score (nSPS) is 11.7. The predicted octanol–water partition coefficient (Wildman–Crippen LogP) is 3.14. The first-order valence-corrected chi connectivity index (χ1v) is 7.27. The van der Waals surface area contributed by atoms with E-state index in [0.29, 0.717) is 17.0 Å². The van der Waals surface area contributed by atoms with Crippen LogP contribution >= 0.6 is 11.6 Å². The molecule has 0 radical (unpaired) electrons. The number of hydrogen-bond acceptors (Lipinski definition) is 3. The molecule has 2 rings (SSSR count). The lowest BCUT2D eigenvalue weighted by molar-refractivity contribution is 0.294. The van der Waals surface area contributed by atoms with Gasteiger partial charge in [-0.15, -0.1) is 0 Å². The average molecular weight is 299 g/mol. The van der Waals surface area contributed by atoms with Crippen molar-refractivity contribution >= 4 is 28.6 Å². The standard InChI is InChI=1S/C14H20ClFN4/c1-3-19(4-2)6-5-7-20-13-9-11(16)10(15)8-12(13)18-14(20)17/h8-9H,3-7H2,1-2H3,(H2,17,18). The SMILES string of the molecule is CCN(CC)CCCn1c(N)nc2cc(Cl)c(F)cc21. The van der Waals surface area contributed by atoms with Gasteiger partial charge in [-0.3, -0.25) is 0 Å². The number of hydrogen-bond donors (Lipinski definition) is 1. The molecule has 1 aromatic carbocycles. The third-order valence-corrected chi connectivity index (χ3v) is 3.86. The average Bonchev–Trinajstić information content (AvgIpc) is 2.71. The molecule has 0 bridgehead atoms. The van der Waals surface area contributed by atoms with Crippen LogP contribution in [0.3, 0.4) is 0 Å². The molecule has 0 spiro atoms. The van der Waals surface area contributed by atoms with E-state index in [1.54, 1.807) is 0 Å². The first-order chi connectivity index (χ1) is 9.56. The zero-order chi connectivity index (χ0) is 14.7. The summed E-state index contributed by atoms with van der Waals surface area (Å²) in [4.78, 5) is 6.57. The van der Waals surface area contributed by atoms with Gasteiger partial charge in [-0.25, -0.2) is 9.37 Å². The number of aryl methyl sites for hydroxylation is 1. The summed E-state index contributed by atoms with van der Waals surface area (Å²) in [7, 11) is 0. The third kappa shape index (κ3) is 3.04. The van der Waals surface area contributed by atoms with Crippen LogP contribution in [0.25, 0.3) is 11.0 Å². The van der Waals surface area contributed by atoms with Crippen LogP contribution in [-0.2, 0) is 6.54 Å². The Morgan fingerprint density at radius 3 is 2.70 bits per heavy atom. The van der Waals surface area contributed by atoms with Crippen molar-refractivity contribution in [3.8, 4) is 0 Å². The Bertz CT molecular complexity index is 592. The van der Waals surface area contributed by atoms with Gasteiger partial charge in [0, 0.05) is 12.6 Å². The van der Waals surface area contributed by atoms with E-state index in [9.17, 15) is 4.39 Å². The van der Waals surface area contributed by atoms with Crippen LogP contribution in [-0.4, -0.2) is 34.1 Å². The number of rotatable bonds is 6. The van der Waals surface area contributed by atoms with E-state index in [0.717, 1.165) is 32.6 Å². The van der Waals surface area contributed by atoms with Gasteiger partial charge >= 0.3 is 0 Å². The number of nitrogens with two attached hydrogens (primary N) is 1. The zero-order valence-corrected chi connectivity index (χ0v) is 12.6. The summed E-state index contributed by atoms with van der Waals surface area (Å²) in [5.41, 5.74) is 7.24. The van der Waals surface area contributed by atoms with E-state index < -0.39 is 5.82 Å². The lowest BCUT2D eigenvalue weighted by Crippen LogP contribution is -2.25. The highest BCUT2D eigenvalue weighted by Gasteiger charge is 2.11. The topological polar surface area (TPSA) is 47.1 Å². The van der Waals surface area contributed by atoms with Gasteiger partial charge < -0.3 is 15.2 Å². The van der Waals surface area contributed by atoms with Crippen LogP contribution in [0, 0.1) is 5.82 Å². The first-order valence-electron chi connectivity index (χ1n) is 6.89. The van der Waals surface area contributed by atoms with Crippen LogP contribution in [0.15, 0.2) is 12.1 Å². The molecule has 0 amide bonds. The molecule has 1 heterocycles. The second-order valence-corrected chi connectivity index (χ2v) is 5.16. The van der Waals surface area contributed by atoms with Crippen LogP contribution in [0.4, 0.5) is 10.3 Å². The van der Waals surface area contributed by atoms with Crippen molar-refractivity contribution in [2.24, 2.45) is 0 Å². The Balaban J connectivity index is 2.17. The second kappa shape index (κ2) is 6.41. The van der Waals surface area contributed by atoms with Gasteiger partial charge in [-0.1, -0.05) is 25.4 Å². The summed E-state index contributed by atoms with van der Waals surface area (Å²) in [6.07, 6.45) is 0.946. The van der Waals surface area contributed by atoms with Crippen molar-refractivity contribution in [1.82, 2.24) is 14.5 Å². The van der Waals surface area contributed by atoms with E-state index >= 15 is 0 Å². The maximum atomic E-state index is 13.6. The molecule has 4 nitrogen and oxygen atoms in total. The van der Waals surface area contributed by atoms with E-state index in [4.69, 9.17) is 17.3 Å². The molecule has 0 aliphatic carbocycles. The summed E-state index contributed by atoms with van der Waals surface area (Å²) < 4.78 is 15.4. The minimum atomic E-state index is -0.441. The molecule has 2 aromatic rings. The highest BCUT2D eigenvalue weighted by molar-refractivity contribution is 6.31. The Morgan fingerprint density at radius 2 is 2.05 bits per heavy atom. The predicted molar refractivity (Wildman–Crippen MR) is 81.5 cm³/mol. The molecule has 1 aromatic heterocycles. The van der Waals surface area contributed by atoms with Crippen molar-refractivity contribution in [3.63, 3.8) is 0 Å². The maximum Gasteiger partial charge on any atom is 0.201 e. The molecule has 6 heteroatoms. The fourth-order valence-corrected chi connectivity index (χ4v) is 2.52. The Kier molecular flexibility index (Phi) is 4.83. The monoisotopic (exact) mass is 298 g/mol. The van der Waals surface area contributed by atoms with Crippen LogP contribution in [0.1, 0.15) is 20.3 Å². The van der Waals surface area contributed by atoms with Crippen molar-refractivity contribution in [1.29, 1.82) is 0 Å². The molecule has 110 valence electrons. The van der Waals surface area contributed by atoms with Crippen LogP contribution in [0.5, 0.6) is 0 Å².